The van der Waals surface area contributed by atoms with Crippen molar-refractivity contribution in [3.63, 3.8) is 0 Å². The standard InChI is InChI=1S/C18H20N4O2/c1-3-22-15-12-19-10-9-14(15)21-17(18(22)23)20-11-13-7-5-6-8-16(13)24-4-2/h5-10,12H,3-4,11H2,1-2H3,(H,20,21). The predicted octanol–water partition coefficient (Wildman–Crippen LogP) is 2.82. The van der Waals surface area contributed by atoms with Crippen LogP contribution in [0.25, 0.3) is 11.0 Å². The first kappa shape index (κ1) is 16.0. The summed E-state index contributed by atoms with van der Waals surface area (Å²) in [5, 5.41) is 3.15. The molecular weight excluding hydrogens is 304 g/mol. The zero-order valence-corrected chi connectivity index (χ0v) is 13.8. The van der Waals surface area contributed by atoms with Crippen molar-refractivity contribution in [3.05, 3.63) is 58.6 Å². The molecule has 6 nitrogen and oxygen atoms in total. The number of fused-ring (bicyclic) bond motifs is 1. The molecule has 0 aliphatic heterocycles. The van der Waals surface area contributed by atoms with E-state index in [1.165, 1.54) is 0 Å². The van der Waals surface area contributed by atoms with Crippen molar-refractivity contribution in [2.45, 2.75) is 26.9 Å². The van der Waals surface area contributed by atoms with E-state index in [0.29, 0.717) is 25.5 Å². The number of nitrogens with zero attached hydrogens (tertiary/aromatic N) is 3. The highest BCUT2D eigenvalue weighted by Gasteiger charge is 2.11. The summed E-state index contributed by atoms with van der Waals surface area (Å²) in [6, 6.07) is 9.58. The Hall–Kier alpha value is -2.89. The average Bonchev–Trinajstić information content (AvgIpc) is 2.61. The fraction of sp³-hybridized carbons (Fsp3) is 0.278. The molecule has 0 fully saturated rings. The van der Waals surface area contributed by atoms with Crippen molar-refractivity contribution in [1.29, 1.82) is 0 Å². The van der Waals surface area contributed by atoms with Gasteiger partial charge in [-0.25, -0.2) is 4.98 Å². The van der Waals surface area contributed by atoms with Gasteiger partial charge in [-0.15, -0.1) is 0 Å². The molecule has 24 heavy (non-hydrogen) atoms. The molecule has 2 heterocycles. The van der Waals surface area contributed by atoms with E-state index in [0.717, 1.165) is 22.3 Å². The number of aryl methyl sites for hydroxylation is 1. The third-order valence-electron chi connectivity index (χ3n) is 3.78. The lowest BCUT2D eigenvalue weighted by molar-refractivity contribution is 0.337. The molecule has 6 heteroatoms. The highest BCUT2D eigenvalue weighted by Crippen LogP contribution is 2.19. The van der Waals surface area contributed by atoms with Gasteiger partial charge in [0.05, 0.1) is 23.8 Å². The molecule has 0 saturated heterocycles. The van der Waals surface area contributed by atoms with Crippen LogP contribution in [-0.2, 0) is 13.1 Å². The number of anilines is 1. The smallest absolute Gasteiger partial charge is 0.293 e. The second-order valence-electron chi connectivity index (χ2n) is 5.27. The zero-order valence-electron chi connectivity index (χ0n) is 13.8. The third-order valence-corrected chi connectivity index (χ3v) is 3.78. The Kier molecular flexibility index (Phi) is 4.74. The number of nitrogens with one attached hydrogen (secondary N) is 1. The molecule has 0 amide bonds. The molecule has 3 aromatic rings. The van der Waals surface area contributed by atoms with Gasteiger partial charge in [-0.2, -0.15) is 0 Å². The third kappa shape index (κ3) is 3.08. The monoisotopic (exact) mass is 324 g/mol. The summed E-state index contributed by atoms with van der Waals surface area (Å²) in [4.78, 5) is 21.2. The van der Waals surface area contributed by atoms with Crippen LogP contribution in [0.1, 0.15) is 19.4 Å². The molecule has 0 saturated carbocycles. The SMILES string of the molecule is CCOc1ccccc1CNc1nc2ccncc2n(CC)c1=O. The van der Waals surface area contributed by atoms with Crippen LogP contribution >= 0.6 is 0 Å². The Labute approximate surface area is 140 Å². The van der Waals surface area contributed by atoms with Gasteiger partial charge in [0.2, 0.25) is 0 Å². The largest absolute Gasteiger partial charge is 0.494 e. The fourth-order valence-corrected chi connectivity index (χ4v) is 2.64. The number of para-hydroxylation sites is 1. The zero-order chi connectivity index (χ0) is 16.9. The van der Waals surface area contributed by atoms with Crippen LogP contribution in [-0.4, -0.2) is 21.1 Å². The lowest BCUT2D eigenvalue weighted by Crippen LogP contribution is -2.25. The van der Waals surface area contributed by atoms with E-state index in [1.54, 1.807) is 23.0 Å². The minimum Gasteiger partial charge on any atom is -0.494 e. The first-order valence-corrected chi connectivity index (χ1v) is 8.03. The van der Waals surface area contributed by atoms with E-state index in [-0.39, 0.29) is 5.56 Å². The van der Waals surface area contributed by atoms with E-state index < -0.39 is 0 Å². The van der Waals surface area contributed by atoms with Gasteiger partial charge in [0.15, 0.2) is 5.82 Å². The summed E-state index contributed by atoms with van der Waals surface area (Å²) in [6.45, 7) is 5.51. The van der Waals surface area contributed by atoms with Gasteiger partial charge in [-0.1, -0.05) is 18.2 Å². The molecule has 0 radical (unpaired) electrons. The summed E-state index contributed by atoms with van der Waals surface area (Å²) in [7, 11) is 0. The lowest BCUT2D eigenvalue weighted by atomic mass is 10.2. The van der Waals surface area contributed by atoms with Crippen molar-refractivity contribution in [2.75, 3.05) is 11.9 Å². The number of ether oxygens (including phenoxy) is 1. The predicted molar refractivity (Wildman–Crippen MR) is 94.4 cm³/mol. The molecule has 124 valence electrons. The quantitative estimate of drug-likeness (QED) is 0.755. The van der Waals surface area contributed by atoms with Gasteiger partial charge in [0, 0.05) is 24.8 Å². The first-order valence-electron chi connectivity index (χ1n) is 8.03. The molecule has 0 aliphatic rings. The van der Waals surface area contributed by atoms with Gasteiger partial charge >= 0.3 is 0 Å². The molecule has 0 aliphatic carbocycles. The minimum absolute atomic E-state index is 0.146. The van der Waals surface area contributed by atoms with Crippen molar-refractivity contribution in [1.82, 2.24) is 14.5 Å². The number of benzene rings is 1. The first-order chi connectivity index (χ1) is 11.7. The van der Waals surface area contributed by atoms with Gasteiger partial charge in [-0.3, -0.25) is 9.78 Å². The van der Waals surface area contributed by atoms with Gasteiger partial charge in [0.25, 0.3) is 5.56 Å². The number of hydrogen-bond donors (Lipinski definition) is 1. The fourth-order valence-electron chi connectivity index (χ4n) is 2.64. The van der Waals surface area contributed by atoms with Crippen molar-refractivity contribution < 1.29 is 4.74 Å². The van der Waals surface area contributed by atoms with Crippen molar-refractivity contribution >= 4 is 16.9 Å². The number of hydrogen-bond acceptors (Lipinski definition) is 5. The molecule has 0 spiro atoms. The summed E-state index contributed by atoms with van der Waals surface area (Å²) < 4.78 is 7.29. The van der Waals surface area contributed by atoms with Gasteiger partial charge in [-0.05, 0) is 26.0 Å². The van der Waals surface area contributed by atoms with Crippen molar-refractivity contribution in [2.24, 2.45) is 0 Å². The Morgan fingerprint density at radius 1 is 1.21 bits per heavy atom. The molecule has 1 N–H and O–H groups in total. The highest BCUT2D eigenvalue weighted by atomic mass is 16.5. The van der Waals surface area contributed by atoms with E-state index in [1.807, 2.05) is 38.1 Å². The maximum absolute atomic E-state index is 12.6. The summed E-state index contributed by atoms with van der Waals surface area (Å²) in [6.07, 6.45) is 3.34. The van der Waals surface area contributed by atoms with Gasteiger partial charge in [0.1, 0.15) is 5.75 Å². The van der Waals surface area contributed by atoms with E-state index in [4.69, 9.17) is 4.74 Å². The van der Waals surface area contributed by atoms with E-state index in [9.17, 15) is 4.79 Å². The van der Waals surface area contributed by atoms with E-state index in [2.05, 4.69) is 15.3 Å². The van der Waals surface area contributed by atoms with Crippen LogP contribution in [0.5, 0.6) is 5.75 Å². The molecule has 2 aromatic heterocycles. The summed E-state index contributed by atoms with van der Waals surface area (Å²) in [5.74, 6) is 1.15. The number of aromatic nitrogens is 3. The highest BCUT2D eigenvalue weighted by molar-refractivity contribution is 5.75. The molecule has 0 bridgehead atoms. The minimum atomic E-state index is -0.146. The van der Waals surface area contributed by atoms with Gasteiger partial charge < -0.3 is 14.6 Å². The maximum Gasteiger partial charge on any atom is 0.293 e. The molecular formula is C18H20N4O2. The van der Waals surface area contributed by atoms with Crippen LogP contribution in [0.4, 0.5) is 5.82 Å². The molecule has 0 unspecified atom stereocenters. The number of pyridine rings is 1. The van der Waals surface area contributed by atoms with Crippen LogP contribution < -0.4 is 15.6 Å². The number of rotatable bonds is 6. The molecule has 0 atom stereocenters. The molecule has 1 aromatic carbocycles. The molecule has 3 rings (SSSR count). The summed E-state index contributed by atoms with van der Waals surface area (Å²) >= 11 is 0. The topological polar surface area (TPSA) is 69.0 Å². The Bertz CT molecular complexity index is 905. The maximum atomic E-state index is 12.6. The Balaban J connectivity index is 1.94. The van der Waals surface area contributed by atoms with Crippen LogP contribution in [0.15, 0.2) is 47.5 Å². The Morgan fingerprint density at radius 2 is 2.04 bits per heavy atom. The van der Waals surface area contributed by atoms with Crippen LogP contribution in [0, 0.1) is 0 Å². The lowest BCUT2D eigenvalue weighted by Gasteiger charge is -2.13. The van der Waals surface area contributed by atoms with Crippen LogP contribution in [0.2, 0.25) is 0 Å². The second-order valence-corrected chi connectivity index (χ2v) is 5.27. The van der Waals surface area contributed by atoms with Crippen molar-refractivity contribution in [3.8, 4) is 5.75 Å². The summed E-state index contributed by atoms with van der Waals surface area (Å²) in [5.41, 5.74) is 2.32. The average molecular weight is 324 g/mol. The normalized spacial score (nSPS) is 10.8. The van der Waals surface area contributed by atoms with Crippen LogP contribution in [0.3, 0.4) is 0 Å². The Morgan fingerprint density at radius 3 is 2.83 bits per heavy atom. The second kappa shape index (κ2) is 7.12. The van der Waals surface area contributed by atoms with E-state index >= 15 is 0 Å².